The molecule has 130 valence electrons. The lowest BCUT2D eigenvalue weighted by atomic mass is 10.2. The van der Waals surface area contributed by atoms with Gasteiger partial charge < -0.3 is 4.57 Å². The number of nitrogens with one attached hydrogen (secondary N) is 1. The van der Waals surface area contributed by atoms with Crippen LogP contribution in [0, 0.1) is 13.8 Å². The quantitative estimate of drug-likeness (QED) is 0.733. The number of aryl methyl sites for hydroxylation is 2. The first-order chi connectivity index (χ1) is 11.8. The fourth-order valence-electron chi connectivity index (χ4n) is 2.53. The molecule has 2 aromatic carbocycles. The molecule has 25 heavy (non-hydrogen) atoms. The molecular weight excluding hydrogens is 358 g/mol. The van der Waals surface area contributed by atoms with Gasteiger partial charge in [0.1, 0.15) is 0 Å². The molecule has 0 amide bonds. The van der Waals surface area contributed by atoms with Gasteiger partial charge in [0.05, 0.1) is 11.2 Å². The molecule has 3 rings (SSSR count). The van der Waals surface area contributed by atoms with Crippen molar-refractivity contribution in [1.29, 1.82) is 0 Å². The Balaban J connectivity index is 1.81. The second kappa shape index (κ2) is 6.90. The van der Waals surface area contributed by atoms with Gasteiger partial charge in [-0.25, -0.2) is 13.4 Å². The van der Waals surface area contributed by atoms with Gasteiger partial charge in [-0.1, -0.05) is 41.9 Å². The lowest BCUT2D eigenvalue weighted by Gasteiger charge is -2.10. The Hall–Kier alpha value is -2.31. The molecule has 0 saturated heterocycles. The van der Waals surface area contributed by atoms with Gasteiger partial charge in [0.15, 0.2) is 5.82 Å². The summed E-state index contributed by atoms with van der Waals surface area (Å²) in [5.41, 5.74) is 2.41. The highest BCUT2D eigenvalue weighted by atomic mass is 35.5. The van der Waals surface area contributed by atoms with Crippen LogP contribution in [0.1, 0.15) is 16.7 Å². The summed E-state index contributed by atoms with van der Waals surface area (Å²) in [5, 5.41) is 0.545. The molecule has 0 spiro atoms. The minimum Gasteiger partial charge on any atom is -0.331 e. The van der Waals surface area contributed by atoms with E-state index in [1.54, 1.807) is 38.5 Å². The summed E-state index contributed by atoms with van der Waals surface area (Å²) in [5.74, 6) is 0.280. The van der Waals surface area contributed by atoms with Crippen LogP contribution in [0.25, 0.3) is 0 Å². The Morgan fingerprint density at radius 3 is 2.56 bits per heavy atom. The third-order valence-electron chi connectivity index (χ3n) is 3.83. The van der Waals surface area contributed by atoms with Gasteiger partial charge in [0.2, 0.25) is 0 Å². The summed E-state index contributed by atoms with van der Waals surface area (Å²) in [6, 6.07) is 13.1. The molecule has 3 aromatic rings. The normalized spacial score (nSPS) is 11.5. The van der Waals surface area contributed by atoms with Gasteiger partial charge >= 0.3 is 0 Å². The van der Waals surface area contributed by atoms with Crippen LogP contribution in [0.5, 0.6) is 0 Å². The summed E-state index contributed by atoms with van der Waals surface area (Å²) in [6.07, 6.45) is 3.27. The first-order valence-corrected chi connectivity index (χ1v) is 9.56. The van der Waals surface area contributed by atoms with E-state index in [1.165, 1.54) is 0 Å². The van der Waals surface area contributed by atoms with Crippen LogP contribution in [0.4, 0.5) is 5.82 Å². The molecular formula is C18H18ClN3O2S. The largest absolute Gasteiger partial charge is 0.331 e. The van der Waals surface area contributed by atoms with Crippen molar-refractivity contribution >= 4 is 27.4 Å². The number of hydrogen-bond donors (Lipinski definition) is 1. The van der Waals surface area contributed by atoms with Crippen molar-refractivity contribution in [2.75, 3.05) is 4.72 Å². The Bertz CT molecular complexity index is 998. The maximum Gasteiger partial charge on any atom is 0.263 e. The van der Waals surface area contributed by atoms with Crippen molar-refractivity contribution in [2.45, 2.75) is 25.3 Å². The van der Waals surface area contributed by atoms with E-state index >= 15 is 0 Å². The third kappa shape index (κ3) is 4.03. The zero-order chi connectivity index (χ0) is 18.0. The van der Waals surface area contributed by atoms with E-state index < -0.39 is 10.0 Å². The number of benzene rings is 2. The summed E-state index contributed by atoms with van der Waals surface area (Å²) < 4.78 is 29.7. The number of hydrogen-bond acceptors (Lipinski definition) is 3. The molecule has 0 unspecified atom stereocenters. The first kappa shape index (κ1) is 17.5. The van der Waals surface area contributed by atoms with Crippen LogP contribution in [0.3, 0.4) is 0 Å². The van der Waals surface area contributed by atoms with Gasteiger partial charge in [-0.3, -0.25) is 4.72 Å². The second-order valence-corrected chi connectivity index (χ2v) is 7.95. The maximum atomic E-state index is 12.7. The van der Waals surface area contributed by atoms with Crippen LogP contribution in [0.15, 0.2) is 59.9 Å². The Morgan fingerprint density at radius 2 is 1.84 bits per heavy atom. The number of imidazole rings is 1. The molecule has 1 aromatic heterocycles. The van der Waals surface area contributed by atoms with Gasteiger partial charge in [0.25, 0.3) is 10.0 Å². The van der Waals surface area contributed by atoms with Crippen LogP contribution < -0.4 is 4.72 Å². The first-order valence-electron chi connectivity index (χ1n) is 7.70. The monoisotopic (exact) mass is 375 g/mol. The molecule has 0 fully saturated rings. The summed E-state index contributed by atoms with van der Waals surface area (Å²) in [6.45, 7) is 4.11. The highest BCUT2D eigenvalue weighted by Crippen LogP contribution is 2.25. The standard InChI is InChI=1S/C18H18ClN3O2S/c1-13-9-17(14(2)8-16(13)19)25(23,24)21-18-11-22(12-20-18)10-15-6-4-3-5-7-15/h3-9,11-12,21H,10H2,1-2H3. The van der Waals surface area contributed by atoms with E-state index in [0.717, 1.165) is 5.56 Å². The molecule has 0 aliphatic rings. The van der Waals surface area contributed by atoms with Crippen molar-refractivity contribution in [3.05, 3.63) is 76.7 Å². The van der Waals surface area contributed by atoms with E-state index in [0.29, 0.717) is 22.7 Å². The molecule has 0 aliphatic carbocycles. The second-order valence-electron chi connectivity index (χ2n) is 5.89. The molecule has 0 atom stereocenters. The summed E-state index contributed by atoms with van der Waals surface area (Å²) >= 11 is 6.05. The Labute approximate surface area is 152 Å². The molecule has 0 saturated carbocycles. The van der Waals surface area contributed by atoms with Gasteiger partial charge in [0, 0.05) is 17.8 Å². The van der Waals surface area contributed by atoms with E-state index in [-0.39, 0.29) is 10.7 Å². The van der Waals surface area contributed by atoms with Crippen molar-refractivity contribution in [3.63, 3.8) is 0 Å². The third-order valence-corrected chi connectivity index (χ3v) is 5.73. The maximum absolute atomic E-state index is 12.7. The number of rotatable bonds is 5. The SMILES string of the molecule is Cc1cc(S(=O)(=O)Nc2cn(Cc3ccccc3)cn2)c(C)cc1Cl. The van der Waals surface area contributed by atoms with Gasteiger partial charge in [-0.2, -0.15) is 0 Å². The number of anilines is 1. The lowest BCUT2D eigenvalue weighted by molar-refractivity contribution is 0.600. The fourth-order valence-corrected chi connectivity index (χ4v) is 4.05. The van der Waals surface area contributed by atoms with Crippen LogP contribution in [-0.2, 0) is 16.6 Å². The Morgan fingerprint density at radius 1 is 1.12 bits per heavy atom. The average Bonchev–Trinajstić information content (AvgIpc) is 2.98. The summed E-state index contributed by atoms with van der Waals surface area (Å²) in [7, 11) is -3.73. The van der Waals surface area contributed by atoms with E-state index in [9.17, 15) is 8.42 Å². The molecule has 7 heteroatoms. The number of aromatic nitrogens is 2. The predicted octanol–water partition coefficient (Wildman–Crippen LogP) is 4.00. The van der Waals surface area contributed by atoms with Crippen LogP contribution in [-0.4, -0.2) is 18.0 Å². The molecule has 1 heterocycles. The van der Waals surface area contributed by atoms with E-state index in [2.05, 4.69) is 9.71 Å². The zero-order valence-electron chi connectivity index (χ0n) is 13.9. The smallest absolute Gasteiger partial charge is 0.263 e. The topological polar surface area (TPSA) is 64.0 Å². The highest BCUT2D eigenvalue weighted by molar-refractivity contribution is 7.92. The minimum absolute atomic E-state index is 0.201. The molecule has 5 nitrogen and oxygen atoms in total. The minimum atomic E-state index is -3.73. The van der Waals surface area contributed by atoms with Crippen molar-refractivity contribution in [3.8, 4) is 0 Å². The van der Waals surface area contributed by atoms with Gasteiger partial charge in [-0.15, -0.1) is 0 Å². The average molecular weight is 376 g/mol. The van der Waals surface area contributed by atoms with Crippen molar-refractivity contribution in [2.24, 2.45) is 0 Å². The van der Waals surface area contributed by atoms with Crippen molar-refractivity contribution < 1.29 is 8.42 Å². The van der Waals surface area contributed by atoms with Gasteiger partial charge in [-0.05, 0) is 42.7 Å². The molecule has 0 aliphatic heterocycles. The molecule has 0 bridgehead atoms. The number of halogens is 1. The fraction of sp³-hybridized carbons (Fsp3) is 0.167. The highest BCUT2D eigenvalue weighted by Gasteiger charge is 2.19. The number of sulfonamides is 1. The predicted molar refractivity (Wildman–Crippen MR) is 99.5 cm³/mol. The molecule has 0 radical (unpaired) electrons. The van der Waals surface area contributed by atoms with E-state index in [4.69, 9.17) is 11.6 Å². The van der Waals surface area contributed by atoms with Crippen LogP contribution in [0.2, 0.25) is 5.02 Å². The Kier molecular flexibility index (Phi) is 4.83. The van der Waals surface area contributed by atoms with E-state index in [1.807, 2.05) is 34.9 Å². The van der Waals surface area contributed by atoms with Crippen molar-refractivity contribution in [1.82, 2.24) is 9.55 Å². The number of nitrogens with zero attached hydrogens (tertiary/aromatic N) is 2. The molecule has 1 N–H and O–H groups in total. The van der Waals surface area contributed by atoms with Crippen LogP contribution >= 0.6 is 11.6 Å². The summed E-state index contributed by atoms with van der Waals surface area (Å²) in [4.78, 5) is 4.34. The zero-order valence-corrected chi connectivity index (χ0v) is 15.5. The lowest BCUT2D eigenvalue weighted by Crippen LogP contribution is -2.15.